The highest BCUT2D eigenvalue weighted by Gasteiger charge is 2.17. The summed E-state index contributed by atoms with van der Waals surface area (Å²) in [6, 6.07) is 33.5. The minimum Gasteiger partial charge on any atom is -0.208 e. The minimum absolute atomic E-state index is 0.159. The van der Waals surface area contributed by atoms with Gasteiger partial charge in [-0.25, -0.2) is 19.3 Å². The van der Waals surface area contributed by atoms with Crippen LogP contribution >= 0.6 is 0 Å². The SMILES string of the molecule is N#Cc1ccc(F)c(-c2nc(-c3ccccc3)nc(-c3ccccc3-c3ccccc3)n2)c1. The van der Waals surface area contributed by atoms with Gasteiger partial charge in [0.05, 0.1) is 17.2 Å². The number of hydrogen-bond acceptors (Lipinski definition) is 4. The summed E-state index contributed by atoms with van der Waals surface area (Å²) < 4.78 is 14.8. The molecule has 4 aromatic carbocycles. The van der Waals surface area contributed by atoms with Crippen molar-refractivity contribution >= 4 is 0 Å². The van der Waals surface area contributed by atoms with Gasteiger partial charge in [-0.15, -0.1) is 0 Å². The third-order valence-corrected chi connectivity index (χ3v) is 5.26. The van der Waals surface area contributed by atoms with E-state index in [4.69, 9.17) is 4.98 Å². The molecule has 0 saturated heterocycles. The van der Waals surface area contributed by atoms with Gasteiger partial charge in [-0.05, 0) is 29.3 Å². The molecule has 5 rings (SSSR count). The van der Waals surface area contributed by atoms with Crippen LogP contribution in [0.1, 0.15) is 5.56 Å². The fourth-order valence-corrected chi connectivity index (χ4v) is 3.65. The van der Waals surface area contributed by atoms with Crippen LogP contribution in [-0.4, -0.2) is 15.0 Å². The molecule has 0 aliphatic carbocycles. The number of nitriles is 1. The first-order valence-electron chi connectivity index (χ1n) is 10.4. The van der Waals surface area contributed by atoms with E-state index >= 15 is 0 Å². The molecular weight excluding hydrogens is 411 g/mol. The summed E-state index contributed by atoms with van der Waals surface area (Å²) in [5.41, 5.74) is 4.07. The fraction of sp³-hybridized carbons (Fsp3) is 0. The Bertz CT molecular complexity index is 1480. The van der Waals surface area contributed by atoms with Crippen molar-refractivity contribution in [3.8, 4) is 51.4 Å². The maximum atomic E-state index is 14.8. The van der Waals surface area contributed by atoms with Gasteiger partial charge in [-0.2, -0.15) is 5.26 Å². The zero-order valence-corrected chi connectivity index (χ0v) is 17.5. The highest BCUT2D eigenvalue weighted by molar-refractivity contribution is 5.81. The Labute approximate surface area is 190 Å². The Morgan fingerprint density at radius 1 is 0.545 bits per heavy atom. The summed E-state index contributed by atoms with van der Waals surface area (Å²) in [6.07, 6.45) is 0. The molecule has 0 aliphatic heterocycles. The molecule has 0 N–H and O–H groups in total. The lowest BCUT2D eigenvalue weighted by Crippen LogP contribution is -2.02. The molecule has 5 aromatic rings. The maximum absolute atomic E-state index is 14.8. The number of benzene rings is 4. The third-order valence-electron chi connectivity index (χ3n) is 5.26. The summed E-state index contributed by atoms with van der Waals surface area (Å²) in [7, 11) is 0. The van der Waals surface area contributed by atoms with Gasteiger partial charge in [-0.1, -0.05) is 84.9 Å². The average Bonchev–Trinajstić information content (AvgIpc) is 2.90. The smallest absolute Gasteiger partial charge is 0.167 e. The lowest BCUT2D eigenvalue weighted by molar-refractivity contribution is 0.629. The van der Waals surface area contributed by atoms with E-state index in [0.717, 1.165) is 22.3 Å². The highest BCUT2D eigenvalue weighted by Crippen LogP contribution is 2.32. The first-order chi connectivity index (χ1) is 16.2. The van der Waals surface area contributed by atoms with Gasteiger partial charge in [0, 0.05) is 11.1 Å². The summed E-state index contributed by atoms with van der Waals surface area (Å²) in [6.45, 7) is 0. The van der Waals surface area contributed by atoms with E-state index in [2.05, 4.69) is 9.97 Å². The molecule has 0 aliphatic rings. The van der Waals surface area contributed by atoms with Crippen molar-refractivity contribution in [3.63, 3.8) is 0 Å². The molecule has 0 amide bonds. The number of nitrogens with zero attached hydrogens (tertiary/aromatic N) is 4. The van der Waals surface area contributed by atoms with Crippen molar-refractivity contribution in [3.05, 3.63) is 115 Å². The molecule has 156 valence electrons. The minimum atomic E-state index is -0.499. The van der Waals surface area contributed by atoms with Gasteiger partial charge < -0.3 is 0 Å². The quantitative estimate of drug-likeness (QED) is 0.326. The summed E-state index contributed by atoms with van der Waals surface area (Å²) in [5, 5.41) is 9.30. The molecule has 5 heteroatoms. The topological polar surface area (TPSA) is 62.5 Å². The predicted molar refractivity (Wildman–Crippen MR) is 126 cm³/mol. The van der Waals surface area contributed by atoms with Crippen LogP contribution in [0.5, 0.6) is 0 Å². The second-order valence-electron chi connectivity index (χ2n) is 7.39. The molecule has 0 spiro atoms. The van der Waals surface area contributed by atoms with E-state index in [0.29, 0.717) is 17.2 Å². The van der Waals surface area contributed by atoms with Crippen LogP contribution in [0.3, 0.4) is 0 Å². The highest BCUT2D eigenvalue weighted by atomic mass is 19.1. The number of halogens is 1. The normalized spacial score (nSPS) is 10.5. The molecule has 1 heterocycles. The van der Waals surface area contributed by atoms with E-state index in [1.165, 1.54) is 18.2 Å². The van der Waals surface area contributed by atoms with E-state index in [-0.39, 0.29) is 11.4 Å². The fourth-order valence-electron chi connectivity index (χ4n) is 3.65. The van der Waals surface area contributed by atoms with Crippen LogP contribution in [0.15, 0.2) is 103 Å². The van der Waals surface area contributed by atoms with Crippen LogP contribution < -0.4 is 0 Å². The Balaban J connectivity index is 1.77. The van der Waals surface area contributed by atoms with Crippen molar-refractivity contribution < 1.29 is 4.39 Å². The van der Waals surface area contributed by atoms with Gasteiger partial charge in [-0.3, -0.25) is 0 Å². The van der Waals surface area contributed by atoms with Gasteiger partial charge in [0.1, 0.15) is 5.82 Å². The van der Waals surface area contributed by atoms with Crippen LogP contribution in [0.25, 0.3) is 45.3 Å². The molecule has 1 aromatic heterocycles. The van der Waals surface area contributed by atoms with Crippen molar-refractivity contribution in [1.82, 2.24) is 15.0 Å². The molecule has 0 fully saturated rings. The van der Waals surface area contributed by atoms with Crippen molar-refractivity contribution in [2.24, 2.45) is 0 Å². The van der Waals surface area contributed by atoms with Gasteiger partial charge in [0.15, 0.2) is 17.5 Å². The predicted octanol–water partition coefficient (Wildman–Crippen LogP) is 6.55. The largest absolute Gasteiger partial charge is 0.208 e. The molecule has 0 atom stereocenters. The zero-order valence-electron chi connectivity index (χ0n) is 17.5. The Morgan fingerprint density at radius 2 is 1.09 bits per heavy atom. The van der Waals surface area contributed by atoms with E-state index < -0.39 is 5.82 Å². The first kappa shape index (κ1) is 20.2. The second kappa shape index (κ2) is 8.81. The zero-order chi connectivity index (χ0) is 22.6. The van der Waals surface area contributed by atoms with E-state index in [1.807, 2.05) is 91.0 Å². The summed E-state index contributed by atoms with van der Waals surface area (Å²) >= 11 is 0. The van der Waals surface area contributed by atoms with Crippen molar-refractivity contribution in [2.75, 3.05) is 0 Å². The number of rotatable bonds is 4. The molecule has 0 saturated carbocycles. The van der Waals surface area contributed by atoms with Crippen LogP contribution in [-0.2, 0) is 0 Å². The monoisotopic (exact) mass is 428 g/mol. The van der Waals surface area contributed by atoms with Gasteiger partial charge in [0.25, 0.3) is 0 Å². The Kier molecular flexibility index (Phi) is 5.40. The Hall–Kier alpha value is -4.69. The molecule has 0 unspecified atom stereocenters. The molecule has 0 radical (unpaired) electrons. The number of hydrogen-bond donors (Lipinski definition) is 0. The maximum Gasteiger partial charge on any atom is 0.167 e. The lowest BCUT2D eigenvalue weighted by Gasteiger charge is -2.12. The Morgan fingerprint density at radius 3 is 1.76 bits per heavy atom. The van der Waals surface area contributed by atoms with E-state index in [1.54, 1.807) is 0 Å². The number of aromatic nitrogens is 3. The first-order valence-corrected chi connectivity index (χ1v) is 10.4. The molecular formula is C28H17FN4. The second-order valence-corrected chi connectivity index (χ2v) is 7.39. The van der Waals surface area contributed by atoms with Gasteiger partial charge in [0.2, 0.25) is 0 Å². The standard InChI is InChI=1S/C28H17FN4/c29-25-16-15-19(18-30)17-24(25)28-32-26(21-11-5-2-6-12-21)31-27(33-28)23-14-8-7-13-22(23)20-9-3-1-4-10-20/h1-17H. The van der Waals surface area contributed by atoms with Crippen LogP contribution in [0.2, 0.25) is 0 Å². The van der Waals surface area contributed by atoms with Crippen LogP contribution in [0, 0.1) is 17.1 Å². The van der Waals surface area contributed by atoms with Crippen molar-refractivity contribution in [2.45, 2.75) is 0 Å². The molecule has 0 bridgehead atoms. The van der Waals surface area contributed by atoms with E-state index in [9.17, 15) is 9.65 Å². The molecule has 33 heavy (non-hydrogen) atoms. The third kappa shape index (κ3) is 4.10. The molecule has 4 nitrogen and oxygen atoms in total. The van der Waals surface area contributed by atoms with Crippen LogP contribution in [0.4, 0.5) is 4.39 Å². The van der Waals surface area contributed by atoms with Gasteiger partial charge >= 0.3 is 0 Å². The summed E-state index contributed by atoms with van der Waals surface area (Å²) in [5.74, 6) is 0.540. The lowest BCUT2D eigenvalue weighted by atomic mass is 9.99. The average molecular weight is 428 g/mol. The summed E-state index contributed by atoms with van der Waals surface area (Å²) in [4.78, 5) is 14.0. The van der Waals surface area contributed by atoms with Crippen molar-refractivity contribution in [1.29, 1.82) is 5.26 Å².